The van der Waals surface area contributed by atoms with Crippen LogP contribution in [0.1, 0.15) is 6.42 Å². The van der Waals surface area contributed by atoms with E-state index < -0.39 is 0 Å². The lowest BCUT2D eigenvalue weighted by Crippen LogP contribution is -2.29. The summed E-state index contributed by atoms with van der Waals surface area (Å²) in [7, 11) is 2.11. The molecule has 1 aromatic rings. The summed E-state index contributed by atoms with van der Waals surface area (Å²) in [5.41, 5.74) is 7.37. The molecule has 0 radical (unpaired) electrons. The Morgan fingerprint density at radius 3 is 2.81 bits per heavy atom. The van der Waals surface area contributed by atoms with Crippen molar-refractivity contribution in [1.82, 2.24) is 4.90 Å². The molecule has 1 saturated heterocycles. The van der Waals surface area contributed by atoms with Crippen molar-refractivity contribution in [3.8, 4) is 0 Å². The van der Waals surface area contributed by atoms with Crippen LogP contribution in [0, 0.1) is 5.82 Å². The molecular formula is C12H18FN3. The van der Waals surface area contributed by atoms with Crippen LogP contribution in [0.5, 0.6) is 0 Å². The number of rotatable bonds is 1. The lowest BCUT2D eigenvalue weighted by Gasteiger charge is -2.24. The van der Waals surface area contributed by atoms with Crippen molar-refractivity contribution in [2.45, 2.75) is 6.42 Å². The Balaban J connectivity index is 2.19. The van der Waals surface area contributed by atoms with Gasteiger partial charge in [0.25, 0.3) is 0 Å². The van der Waals surface area contributed by atoms with Gasteiger partial charge in [-0.2, -0.15) is 0 Å². The minimum atomic E-state index is -0.221. The van der Waals surface area contributed by atoms with E-state index in [0.717, 1.165) is 38.3 Å². The minimum Gasteiger partial charge on any atom is -0.397 e. The molecule has 0 aromatic heterocycles. The number of benzene rings is 1. The van der Waals surface area contributed by atoms with E-state index in [0.29, 0.717) is 5.69 Å². The Bertz CT molecular complexity index is 367. The predicted molar refractivity (Wildman–Crippen MR) is 65.1 cm³/mol. The van der Waals surface area contributed by atoms with Gasteiger partial charge in [-0.3, -0.25) is 0 Å². The van der Waals surface area contributed by atoms with Gasteiger partial charge >= 0.3 is 0 Å². The van der Waals surface area contributed by atoms with Crippen molar-refractivity contribution in [2.24, 2.45) is 0 Å². The molecule has 1 aliphatic rings. The average Bonchev–Trinajstić information content (AvgIpc) is 2.47. The second-order valence-electron chi connectivity index (χ2n) is 4.35. The molecule has 0 atom stereocenters. The van der Waals surface area contributed by atoms with Gasteiger partial charge in [0.15, 0.2) is 0 Å². The van der Waals surface area contributed by atoms with E-state index in [4.69, 9.17) is 5.73 Å². The Hall–Kier alpha value is -1.29. The molecule has 0 aliphatic carbocycles. The summed E-state index contributed by atoms with van der Waals surface area (Å²) in [6, 6.07) is 4.57. The normalized spacial score (nSPS) is 18.5. The smallest absolute Gasteiger partial charge is 0.125 e. The maximum atomic E-state index is 13.2. The third kappa shape index (κ3) is 2.44. The van der Waals surface area contributed by atoms with Gasteiger partial charge in [-0.15, -0.1) is 0 Å². The molecular weight excluding hydrogens is 205 g/mol. The molecule has 3 nitrogen and oxygen atoms in total. The topological polar surface area (TPSA) is 32.5 Å². The second kappa shape index (κ2) is 4.70. The van der Waals surface area contributed by atoms with Gasteiger partial charge in [0.2, 0.25) is 0 Å². The number of hydrogen-bond acceptors (Lipinski definition) is 3. The van der Waals surface area contributed by atoms with E-state index in [2.05, 4.69) is 16.8 Å². The van der Waals surface area contributed by atoms with Gasteiger partial charge in [0.1, 0.15) is 5.82 Å². The fourth-order valence-corrected chi connectivity index (χ4v) is 2.08. The Kier molecular flexibility index (Phi) is 3.29. The van der Waals surface area contributed by atoms with E-state index in [1.807, 2.05) is 0 Å². The summed E-state index contributed by atoms with van der Waals surface area (Å²) in [4.78, 5) is 4.46. The first kappa shape index (κ1) is 11.2. The third-order valence-corrected chi connectivity index (χ3v) is 3.05. The first-order chi connectivity index (χ1) is 7.66. The number of nitrogen functional groups attached to an aromatic ring is 1. The van der Waals surface area contributed by atoms with Crippen LogP contribution in [0.15, 0.2) is 18.2 Å². The van der Waals surface area contributed by atoms with Crippen LogP contribution in [-0.4, -0.2) is 38.1 Å². The molecule has 1 aromatic carbocycles. The first-order valence-electron chi connectivity index (χ1n) is 5.65. The van der Waals surface area contributed by atoms with Gasteiger partial charge in [0.05, 0.1) is 11.4 Å². The lowest BCUT2D eigenvalue weighted by molar-refractivity contribution is 0.360. The van der Waals surface area contributed by atoms with Crippen molar-refractivity contribution in [3.63, 3.8) is 0 Å². The van der Waals surface area contributed by atoms with E-state index in [-0.39, 0.29) is 5.82 Å². The zero-order valence-electron chi connectivity index (χ0n) is 9.62. The fraction of sp³-hybridized carbons (Fsp3) is 0.500. The summed E-state index contributed by atoms with van der Waals surface area (Å²) in [6.07, 6.45) is 1.09. The number of hydrogen-bond donors (Lipinski definition) is 1. The van der Waals surface area contributed by atoms with Crippen molar-refractivity contribution in [2.75, 3.05) is 43.9 Å². The first-order valence-corrected chi connectivity index (χ1v) is 5.65. The summed E-state index contributed by atoms with van der Waals surface area (Å²) in [5.74, 6) is -0.221. The van der Waals surface area contributed by atoms with E-state index in [9.17, 15) is 4.39 Å². The molecule has 1 heterocycles. The molecule has 1 aliphatic heterocycles. The highest BCUT2D eigenvalue weighted by atomic mass is 19.1. The monoisotopic (exact) mass is 223 g/mol. The van der Waals surface area contributed by atoms with Crippen LogP contribution < -0.4 is 10.6 Å². The number of nitrogens with zero attached hydrogens (tertiary/aromatic N) is 2. The van der Waals surface area contributed by atoms with Crippen LogP contribution in [-0.2, 0) is 0 Å². The van der Waals surface area contributed by atoms with Gasteiger partial charge in [-0.1, -0.05) is 0 Å². The van der Waals surface area contributed by atoms with Gasteiger partial charge in [0, 0.05) is 19.6 Å². The number of halogens is 1. The van der Waals surface area contributed by atoms with Crippen molar-refractivity contribution >= 4 is 11.4 Å². The fourth-order valence-electron chi connectivity index (χ4n) is 2.08. The minimum absolute atomic E-state index is 0.221. The Labute approximate surface area is 95.6 Å². The lowest BCUT2D eigenvalue weighted by atomic mass is 10.2. The largest absolute Gasteiger partial charge is 0.397 e. The molecule has 88 valence electrons. The average molecular weight is 223 g/mol. The summed E-state index contributed by atoms with van der Waals surface area (Å²) in [5, 5.41) is 0. The predicted octanol–water partition coefficient (Wildman–Crippen LogP) is 1.55. The Morgan fingerprint density at radius 2 is 2.00 bits per heavy atom. The molecule has 4 heteroatoms. The SMILES string of the molecule is CN1CCCN(c2cc(F)ccc2N)CC1. The Morgan fingerprint density at radius 1 is 1.19 bits per heavy atom. The van der Waals surface area contributed by atoms with Gasteiger partial charge in [-0.05, 0) is 38.2 Å². The molecule has 2 N–H and O–H groups in total. The zero-order valence-corrected chi connectivity index (χ0v) is 9.62. The molecule has 0 amide bonds. The summed E-state index contributed by atoms with van der Waals surface area (Å²) in [6.45, 7) is 3.93. The highest BCUT2D eigenvalue weighted by Crippen LogP contribution is 2.24. The van der Waals surface area contributed by atoms with Crippen LogP contribution in [0.3, 0.4) is 0 Å². The van der Waals surface area contributed by atoms with Gasteiger partial charge in [-0.25, -0.2) is 4.39 Å². The quantitative estimate of drug-likeness (QED) is 0.733. The van der Waals surface area contributed by atoms with Gasteiger partial charge < -0.3 is 15.5 Å². The number of nitrogens with two attached hydrogens (primary N) is 1. The molecule has 0 bridgehead atoms. The van der Waals surface area contributed by atoms with Crippen LogP contribution in [0.4, 0.5) is 15.8 Å². The zero-order chi connectivity index (χ0) is 11.5. The summed E-state index contributed by atoms with van der Waals surface area (Å²) < 4.78 is 13.2. The van der Waals surface area contributed by atoms with E-state index >= 15 is 0 Å². The number of likely N-dealkylation sites (N-methyl/N-ethyl adjacent to an activating group) is 1. The van der Waals surface area contributed by atoms with Crippen molar-refractivity contribution in [3.05, 3.63) is 24.0 Å². The molecule has 2 rings (SSSR count). The molecule has 0 spiro atoms. The van der Waals surface area contributed by atoms with Crippen molar-refractivity contribution in [1.29, 1.82) is 0 Å². The van der Waals surface area contributed by atoms with Crippen molar-refractivity contribution < 1.29 is 4.39 Å². The molecule has 0 saturated carbocycles. The van der Waals surface area contributed by atoms with E-state index in [1.54, 1.807) is 6.07 Å². The van der Waals surface area contributed by atoms with Crippen LogP contribution >= 0.6 is 0 Å². The summed E-state index contributed by atoms with van der Waals surface area (Å²) >= 11 is 0. The second-order valence-corrected chi connectivity index (χ2v) is 4.35. The van der Waals surface area contributed by atoms with E-state index in [1.165, 1.54) is 12.1 Å². The highest BCUT2D eigenvalue weighted by Gasteiger charge is 2.14. The maximum Gasteiger partial charge on any atom is 0.125 e. The molecule has 16 heavy (non-hydrogen) atoms. The maximum absolute atomic E-state index is 13.2. The highest BCUT2D eigenvalue weighted by molar-refractivity contribution is 5.67. The molecule has 1 fully saturated rings. The molecule has 0 unspecified atom stereocenters. The van der Waals surface area contributed by atoms with Crippen LogP contribution in [0.2, 0.25) is 0 Å². The number of anilines is 2. The standard InChI is InChI=1S/C12H18FN3/c1-15-5-2-6-16(8-7-15)12-9-10(13)3-4-11(12)14/h3-4,9H,2,5-8,14H2,1H3. The van der Waals surface area contributed by atoms with Crippen LogP contribution in [0.25, 0.3) is 0 Å². The third-order valence-electron chi connectivity index (χ3n) is 3.05.